The molecule has 1 aliphatic heterocycles. The highest BCUT2D eigenvalue weighted by Crippen LogP contribution is 2.52. The number of isocyanates is 1. The number of fused-ring (bicyclic) bond motifs is 1. The largest absolute Gasteiger partial charge is 0.453 e. The Kier molecular flexibility index (Phi) is 2.64. The predicted molar refractivity (Wildman–Crippen MR) is 63.9 cm³/mol. The first-order chi connectivity index (χ1) is 8.68. The molecule has 18 heavy (non-hydrogen) atoms. The van der Waals surface area contributed by atoms with Crippen LogP contribution in [0.3, 0.4) is 0 Å². The van der Waals surface area contributed by atoms with E-state index in [-0.39, 0.29) is 12.5 Å². The molecule has 0 bridgehead atoms. The quantitative estimate of drug-likeness (QED) is 0.623. The van der Waals surface area contributed by atoms with Crippen molar-refractivity contribution in [3.63, 3.8) is 0 Å². The monoisotopic (exact) mass is 313 g/mol. The van der Waals surface area contributed by atoms with Crippen LogP contribution in [0.1, 0.15) is 24.8 Å². The normalized spacial score (nSPS) is 19.0. The van der Waals surface area contributed by atoms with E-state index in [9.17, 15) is 9.18 Å². The fraction of sp³-hybridized carbons (Fsp3) is 0.417. The predicted octanol–water partition coefficient (Wildman–Crippen LogP) is 3.03. The summed E-state index contributed by atoms with van der Waals surface area (Å²) in [5.74, 6) is -0.0381. The van der Waals surface area contributed by atoms with Crippen LogP contribution in [0.15, 0.2) is 15.5 Å². The Balaban J connectivity index is 2.20. The molecule has 4 nitrogen and oxygen atoms in total. The lowest BCUT2D eigenvalue weighted by Gasteiger charge is -2.37. The molecule has 2 aliphatic rings. The molecular weight excluding hydrogens is 305 g/mol. The zero-order valence-electron chi connectivity index (χ0n) is 9.33. The van der Waals surface area contributed by atoms with E-state index in [4.69, 9.17) is 9.47 Å². The number of halogens is 2. The van der Waals surface area contributed by atoms with E-state index < -0.39 is 11.4 Å². The van der Waals surface area contributed by atoms with E-state index in [1.807, 2.05) is 0 Å². The summed E-state index contributed by atoms with van der Waals surface area (Å²) < 4.78 is 25.2. The Bertz CT molecular complexity index is 565. The van der Waals surface area contributed by atoms with Gasteiger partial charge in [0.15, 0.2) is 11.6 Å². The van der Waals surface area contributed by atoms with Crippen molar-refractivity contribution in [2.75, 3.05) is 6.79 Å². The molecule has 94 valence electrons. The summed E-state index contributed by atoms with van der Waals surface area (Å²) in [6.45, 7) is 0.00605. The van der Waals surface area contributed by atoms with Gasteiger partial charge in [-0.25, -0.2) is 9.18 Å². The van der Waals surface area contributed by atoms with Crippen molar-refractivity contribution in [1.29, 1.82) is 0 Å². The molecule has 0 amide bonds. The maximum absolute atomic E-state index is 14.4. The summed E-state index contributed by atoms with van der Waals surface area (Å²) in [7, 11) is 0. The summed E-state index contributed by atoms with van der Waals surface area (Å²) in [4.78, 5) is 14.4. The first-order valence-electron chi connectivity index (χ1n) is 5.55. The zero-order chi connectivity index (χ0) is 12.8. The maximum Gasteiger partial charge on any atom is 0.235 e. The highest BCUT2D eigenvalue weighted by molar-refractivity contribution is 9.10. The molecule has 1 aromatic rings. The number of hydrogen-bond donors (Lipinski definition) is 0. The van der Waals surface area contributed by atoms with E-state index >= 15 is 0 Å². The number of hydrogen-bond acceptors (Lipinski definition) is 4. The molecule has 0 aromatic heterocycles. The Morgan fingerprint density at radius 2 is 2.22 bits per heavy atom. The second-order valence-corrected chi connectivity index (χ2v) is 5.22. The van der Waals surface area contributed by atoms with Gasteiger partial charge in [0.25, 0.3) is 0 Å². The second-order valence-electron chi connectivity index (χ2n) is 4.37. The highest BCUT2D eigenvalue weighted by atomic mass is 79.9. The van der Waals surface area contributed by atoms with Crippen molar-refractivity contribution in [3.8, 4) is 11.5 Å². The smallest absolute Gasteiger partial charge is 0.235 e. The molecule has 0 spiro atoms. The van der Waals surface area contributed by atoms with Crippen molar-refractivity contribution in [1.82, 2.24) is 0 Å². The number of nitrogens with zero attached hydrogens (tertiary/aromatic N) is 1. The summed E-state index contributed by atoms with van der Waals surface area (Å²) >= 11 is 3.32. The molecule has 0 saturated heterocycles. The van der Waals surface area contributed by atoms with Crippen LogP contribution in [0, 0.1) is 5.82 Å². The van der Waals surface area contributed by atoms with E-state index in [1.54, 1.807) is 12.1 Å². The maximum atomic E-state index is 14.4. The third-order valence-corrected chi connectivity index (χ3v) is 4.09. The molecule has 0 radical (unpaired) electrons. The van der Waals surface area contributed by atoms with Gasteiger partial charge in [-0.3, -0.25) is 0 Å². The number of ether oxygens (including phenoxy) is 2. The van der Waals surface area contributed by atoms with Crippen LogP contribution in [0.5, 0.6) is 11.5 Å². The Morgan fingerprint density at radius 1 is 1.44 bits per heavy atom. The summed E-state index contributed by atoms with van der Waals surface area (Å²) in [5, 5.41) is 0. The third kappa shape index (κ3) is 1.49. The van der Waals surface area contributed by atoms with Gasteiger partial charge in [-0.2, -0.15) is 4.99 Å². The van der Waals surface area contributed by atoms with Gasteiger partial charge in [0, 0.05) is 10.0 Å². The number of rotatable bonds is 2. The molecule has 0 unspecified atom stereocenters. The van der Waals surface area contributed by atoms with Gasteiger partial charge in [-0.1, -0.05) is 15.9 Å². The summed E-state index contributed by atoms with van der Waals surface area (Å²) in [5.41, 5.74) is -0.438. The molecule has 6 heteroatoms. The van der Waals surface area contributed by atoms with Gasteiger partial charge in [-0.05, 0) is 25.3 Å². The fourth-order valence-corrected chi connectivity index (χ4v) is 3.17. The Morgan fingerprint density at radius 3 is 2.83 bits per heavy atom. The topological polar surface area (TPSA) is 47.9 Å². The van der Waals surface area contributed by atoms with Gasteiger partial charge in [-0.15, -0.1) is 0 Å². The van der Waals surface area contributed by atoms with Crippen LogP contribution >= 0.6 is 15.9 Å². The van der Waals surface area contributed by atoms with E-state index in [0.717, 1.165) is 6.42 Å². The Labute approximate surface area is 111 Å². The van der Waals surface area contributed by atoms with Gasteiger partial charge in [0.05, 0.1) is 0 Å². The van der Waals surface area contributed by atoms with Gasteiger partial charge in [0.1, 0.15) is 5.54 Å². The zero-order valence-corrected chi connectivity index (χ0v) is 10.9. The van der Waals surface area contributed by atoms with Crippen molar-refractivity contribution >= 4 is 22.0 Å². The summed E-state index contributed by atoms with van der Waals surface area (Å²) in [6.07, 6.45) is 3.73. The van der Waals surface area contributed by atoms with Gasteiger partial charge < -0.3 is 9.47 Å². The van der Waals surface area contributed by atoms with Crippen molar-refractivity contribution in [2.45, 2.75) is 24.8 Å². The molecule has 0 atom stereocenters. The van der Waals surface area contributed by atoms with Crippen LogP contribution in [0.25, 0.3) is 0 Å². The van der Waals surface area contributed by atoms with Crippen molar-refractivity contribution in [2.24, 2.45) is 4.99 Å². The lowest BCUT2D eigenvalue weighted by atomic mass is 9.72. The minimum absolute atomic E-state index is 0.00605. The van der Waals surface area contributed by atoms with Crippen molar-refractivity contribution < 1.29 is 18.7 Å². The van der Waals surface area contributed by atoms with Gasteiger partial charge >= 0.3 is 0 Å². The molecule has 1 aromatic carbocycles. The van der Waals surface area contributed by atoms with Crippen LogP contribution in [0.4, 0.5) is 4.39 Å². The molecule has 3 rings (SSSR count). The first-order valence-corrected chi connectivity index (χ1v) is 6.34. The van der Waals surface area contributed by atoms with E-state index in [2.05, 4.69) is 20.9 Å². The summed E-state index contributed by atoms with van der Waals surface area (Å²) in [6, 6.07) is 1.65. The molecule has 1 heterocycles. The third-order valence-electron chi connectivity index (χ3n) is 3.46. The minimum Gasteiger partial charge on any atom is -0.453 e. The Hall–Kier alpha value is -1.39. The minimum atomic E-state index is -0.800. The average molecular weight is 314 g/mol. The molecular formula is C12H9BrFNO3. The van der Waals surface area contributed by atoms with Crippen LogP contribution in [-0.2, 0) is 10.3 Å². The second kappa shape index (κ2) is 4.07. The van der Waals surface area contributed by atoms with Crippen LogP contribution < -0.4 is 9.47 Å². The van der Waals surface area contributed by atoms with Crippen LogP contribution in [0.2, 0.25) is 0 Å². The van der Waals surface area contributed by atoms with Crippen molar-refractivity contribution in [3.05, 3.63) is 21.9 Å². The molecule has 1 saturated carbocycles. The first kappa shape index (κ1) is 11.7. The number of benzene rings is 1. The number of aliphatic imine (C=N–C) groups is 1. The molecule has 1 fully saturated rings. The lowest BCUT2D eigenvalue weighted by molar-refractivity contribution is 0.170. The lowest BCUT2D eigenvalue weighted by Crippen LogP contribution is -2.33. The van der Waals surface area contributed by atoms with Crippen LogP contribution in [-0.4, -0.2) is 12.9 Å². The van der Waals surface area contributed by atoms with Gasteiger partial charge in [0.2, 0.25) is 18.6 Å². The van der Waals surface area contributed by atoms with E-state index in [1.165, 1.54) is 0 Å². The van der Waals surface area contributed by atoms with E-state index in [0.29, 0.717) is 28.6 Å². The standard InChI is InChI=1S/C12H9BrFNO3/c13-7-4-8-11(18-6-17-8)10(14)9(7)12(15-5-16)2-1-3-12/h4H,1-3,6H2. The molecule has 0 N–H and O–H groups in total. The SMILES string of the molecule is O=C=NC1(c2c(Br)cc3c(c2F)OCO3)CCC1. The fourth-order valence-electron chi connectivity index (χ4n) is 2.42. The number of carbonyl (C=O) groups excluding carboxylic acids is 1. The molecule has 1 aliphatic carbocycles. The highest BCUT2D eigenvalue weighted by Gasteiger charge is 2.44. The average Bonchev–Trinajstić information content (AvgIpc) is 2.73.